The molecule has 0 amide bonds. The summed E-state index contributed by atoms with van der Waals surface area (Å²) in [7, 11) is 0. The van der Waals surface area contributed by atoms with Crippen molar-refractivity contribution in [1.29, 1.82) is 0 Å². The molecule has 0 saturated carbocycles. The lowest BCUT2D eigenvalue weighted by atomic mass is 10.1. The first kappa shape index (κ1) is 17.8. The number of aryl methyl sites for hydroxylation is 2. The average Bonchev–Trinajstić information content (AvgIpc) is 3.36. The average molecular weight is 380 g/mol. The van der Waals surface area contributed by atoms with Crippen LogP contribution in [0.3, 0.4) is 0 Å². The van der Waals surface area contributed by atoms with E-state index in [0.29, 0.717) is 11.8 Å². The highest BCUT2D eigenvalue weighted by molar-refractivity contribution is 8.00. The number of carbonyl (C=O) groups excluding carboxylic acids is 1. The second kappa shape index (κ2) is 7.96. The predicted octanol–water partition coefficient (Wildman–Crippen LogP) is 4.62. The first-order chi connectivity index (χ1) is 13.2. The van der Waals surface area contributed by atoms with Crippen LogP contribution in [0.4, 0.5) is 0 Å². The normalized spacial score (nSPS) is 14.0. The number of hydrogen-bond donors (Lipinski definition) is 0. The standard InChI is InChI=1S/C21H20N2O3S/c1-14(20-22-23-21(26-20)16-6-3-2-4-7-16)25-19(24)13-27-18-11-10-15-8-5-9-17(15)12-18/h2-4,6-7,10-12,14H,5,8-9,13H2,1H3/t14-/m1/s1. The Morgan fingerprint density at radius 1 is 1.15 bits per heavy atom. The van der Waals surface area contributed by atoms with Crippen molar-refractivity contribution < 1.29 is 13.9 Å². The third-order valence-corrected chi connectivity index (χ3v) is 5.51. The van der Waals surface area contributed by atoms with Crippen LogP contribution in [0, 0.1) is 0 Å². The van der Waals surface area contributed by atoms with Crippen molar-refractivity contribution in [2.75, 3.05) is 5.75 Å². The van der Waals surface area contributed by atoms with E-state index in [1.165, 1.54) is 29.3 Å². The maximum absolute atomic E-state index is 12.2. The largest absolute Gasteiger partial charge is 0.452 e. The minimum atomic E-state index is -0.580. The van der Waals surface area contributed by atoms with Gasteiger partial charge in [-0.2, -0.15) is 0 Å². The SMILES string of the molecule is C[C@@H](OC(=O)CSc1ccc2c(c1)CCC2)c1nnc(-c2ccccc2)o1. The van der Waals surface area contributed by atoms with E-state index in [-0.39, 0.29) is 11.7 Å². The van der Waals surface area contributed by atoms with Crippen LogP contribution >= 0.6 is 11.8 Å². The fourth-order valence-corrected chi connectivity index (χ4v) is 3.90. The summed E-state index contributed by atoms with van der Waals surface area (Å²) >= 11 is 1.49. The van der Waals surface area contributed by atoms with Crippen LogP contribution in [0.1, 0.15) is 36.5 Å². The number of fused-ring (bicyclic) bond motifs is 1. The fraction of sp³-hybridized carbons (Fsp3) is 0.286. The Bertz CT molecular complexity index is 940. The third kappa shape index (κ3) is 4.22. The number of nitrogens with zero attached hydrogens (tertiary/aromatic N) is 2. The lowest BCUT2D eigenvalue weighted by molar-refractivity contribution is -0.146. The second-order valence-electron chi connectivity index (χ2n) is 6.52. The maximum Gasteiger partial charge on any atom is 0.317 e. The molecule has 4 rings (SSSR count). The van der Waals surface area contributed by atoms with Crippen LogP contribution in [0.15, 0.2) is 57.8 Å². The Morgan fingerprint density at radius 2 is 1.96 bits per heavy atom. The Balaban J connectivity index is 1.32. The summed E-state index contributed by atoms with van der Waals surface area (Å²) in [6.07, 6.45) is 2.93. The molecular formula is C21H20N2O3S. The summed E-state index contributed by atoms with van der Waals surface area (Å²) in [5.41, 5.74) is 3.67. The highest BCUT2D eigenvalue weighted by Gasteiger charge is 2.19. The van der Waals surface area contributed by atoms with Crippen LogP contribution in [0.5, 0.6) is 0 Å². The Hall–Kier alpha value is -2.60. The number of thioether (sulfide) groups is 1. The maximum atomic E-state index is 12.2. The smallest absolute Gasteiger partial charge is 0.317 e. The van der Waals surface area contributed by atoms with Gasteiger partial charge in [-0.15, -0.1) is 22.0 Å². The molecule has 1 atom stereocenters. The second-order valence-corrected chi connectivity index (χ2v) is 7.57. The summed E-state index contributed by atoms with van der Waals surface area (Å²) in [5, 5.41) is 8.03. The van der Waals surface area contributed by atoms with Gasteiger partial charge in [-0.25, -0.2) is 0 Å². The predicted molar refractivity (Wildman–Crippen MR) is 103 cm³/mol. The first-order valence-electron chi connectivity index (χ1n) is 9.02. The molecule has 1 aliphatic carbocycles. The number of hydrogen-bond acceptors (Lipinski definition) is 6. The molecule has 0 aliphatic heterocycles. The minimum absolute atomic E-state index is 0.253. The van der Waals surface area contributed by atoms with E-state index in [2.05, 4.69) is 28.4 Å². The topological polar surface area (TPSA) is 65.2 Å². The molecule has 3 aromatic rings. The number of esters is 1. The molecule has 27 heavy (non-hydrogen) atoms. The molecule has 0 radical (unpaired) electrons. The van der Waals surface area contributed by atoms with E-state index in [4.69, 9.17) is 9.15 Å². The lowest BCUT2D eigenvalue weighted by Gasteiger charge is -2.09. The van der Waals surface area contributed by atoms with Crippen molar-refractivity contribution in [3.8, 4) is 11.5 Å². The van der Waals surface area contributed by atoms with Crippen LogP contribution in [0.2, 0.25) is 0 Å². The molecule has 0 N–H and O–H groups in total. The summed E-state index contributed by atoms with van der Waals surface area (Å²) in [5.74, 6) is 0.668. The van der Waals surface area contributed by atoms with E-state index in [0.717, 1.165) is 23.3 Å². The van der Waals surface area contributed by atoms with E-state index in [1.54, 1.807) is 6.92 Å². The number of carbonyl (C=O) groups is 1. The molecule has 1 heterocycles. The zero-order valence-electron chi connectivity index (χ0n) is 15.1. The van der Waals surface area contributed by atoms with Gasteiger partial charge in [-0.1, -0.05) is 24.3 Å². The molecule has 0 fully saturated rings. The Kier molecular flexibility index (Phi) is 5.25. The van der Waals surface area contributed by atoms with Gasteiger partial charge in [0.2, 0.25) is 5.89 Å². The van der Waals surface area contributed by atoms with Gasteiger partial charge < -0.3 is 9.15 Å². The zero-order valence-corrected chi connectivity index (χ0v) is 15.9. The van der Waals surface area contributed by atoms with Crippen LogP contribution in [0.25, 0.3) is 11.5 Å². The molecule has 0 saturated heterocycles. The number of ether oxygens (including phenoxy) is 1. The molecule has 0 unspecified atom stereocenters. The van der Waals surface area contributed by atoms with Gasteiger partial charge in [0.05, 0.1) is 5.75 Å². The highest BCUT2D eigenvalue weighted by atomic mass is 32.2. The van der Waals surface area contributed by atoms with Crippen molar-refractivity contribution in [1.82, 2.24) is 10.2 Å². The first-order valence-corrected chi connectivity index (χ1v) is 10.0. The van der Waals surface area contributed by atoms with Crippen molar-refractivity contribution in [3.63, 3.8) is 0 Å². The molecule has 1 aromatic heterocycles. The van der Waals surface area contributed by atoms with E-state index in [9.17, 15) is 4.79 Å². The van der Waals surface area contributed by atoms with Gasteiger partial charge in [0.15, 0.2) is 6.10 Å². The summed E-state index contributed by atoms with van der Waals surface area (Å²) in [6, 6.07) is 15.9. The Morgan fingerprint density at radius 3 is 2.81 bits per heavy atom. The molecule has 6 heteroatoms. The van der Waals surface area contributed by atoms with Crippen LogP contribution < -0.4 is 0 Å². The van der Waals surface area contributed by atoms with Crippen molar-refractivity contribution in [3.05, 3.63) is 65.5 Å². The Labute approximate surface area is 162 Å². The van der Waals surface area contributed by atoms with Gasteiger partial charge in [0.1, 0.15) is 0 Å². The minimum Gasteiger partial charge on any atom is -0.452 e. The van der Waals surface area contributed by atoms with E-state index >= 15 is 0 Å². The monoisotopic (exact) mass is 380 g/mol. The molecule has 2 aromatic carbocycles. The number of rotatable bonds is 6. The summed E-state index contributed by atoms with van der Waals surface area (Å²) in [6.45, 7) is 1.74. The molecule has 0 spiro atoms. The quantitative estimate of drug-likeness (QED) is 0.459. The number of benzene rings is 2. The van der Waals surface area contributed by atoms with E-state index in [1.807, 2.05) is 30.3 Å². The van der Waals surface area contributed by atoms with Gasteiger partial charge in [-0.05, 0) is 61.6 Å². The highest BCUT2D eigenvalue weighted by Crippen LogP contribution is 2.28. The van der Waals surface area contributed by atoms with Gasteiger partial charge in [0, 0.05) is 10.5 Å². The molecule has 138 valence electrons. The van der Waals surface area contributed by atoms with Crippen molar-refractivity contribution >= 4 is 17.7 Å². The van der Waals surface area contributed by atoms with Gasteiger partial charge in [-0.3, -0.25) is 4.79 Å². The molecular weight excluding hydrogens is 360 g/mol. The number of aromatic nitrogens is 2. The van der Waals surface area contributed by atoms with Gasteiger partial charge in [0.25, 0.3) is 5.89 Å². The van der Waals surface area contributed by atoms with Gasteiger partial charge >= 0.3 is 5.97 Å². The third-order valence-electron chi connectivity index (χ3n) is 4.54. The van der Waals surface area contributed by atoms with E-state index < -0.39 is 6.10 Å². The van der Waals surface area contributed by atoms with Crippen LogP contribution in [-0.4, -0.2) is 21.9 Å². The fourth-order valence-electron chi connectivity index (χ4n) is 3.16. The van der Waals surface area contributed by atoms with Crippen LogP contribution in [-0.2, 0) is 22.4 Å². The van der Waals surface area contributed by atoms with Crippen molar-refractivity contribution in [2.24, 2.45) is 0 Å². The summed E-state index contributed by atoms with van der Waals surface area (Å²) < 4.78 is 11.1. The molecule has 1 aliphatic rings. The molecule has 5 nitrogen and oxygen atoms in total. The molecule has 0 bridgehead atoms. The zero-order chi connectivity index (χ0) is 18.6. The summed E-state index contributed by atoms with van der Waals surface area (Å²) in [4.78, 5) is 13.3. The van der Waals surface area contributed by atoms with Crippen molar-refractivity contribution in [2.45, 2.75) is 37.2 Å². The lowest BCUT2D eigenvalue weighted by Crippen LogP contribution is -2.11.